The fraction of sp³-hybridized carbons (Fsp3) is 0.667. The molecule has 20 heavy (non-hydrogen) atoms. The van der Waals surface area contributed by atoms with Gasteiger partial charge in [0.05, 0.1) is 0 Å². The first kappa shape index (κ1) is 14.1. The van der Waals surface area contributed by atoms with Crippen LogP contribution in [0.4, 0.5) is 0 Å². The Labute approximate surface area is 123 Å². The number of nitrogens with zero attached hydrogens (tertiary/aromatic N) is 1. The molecule has 0 aromatic heterocycles. The van der Waals surface area contributed by atoms with Crippen LogP contribution in [0.5, 0.6) is 0 Å². The van der Waals surface area contributed by atoms with E-state index in [4.69, 9.17) is 0 Å². The molecule has 0 amide bonds. The highest BCUT2D eigenvalue weighted by Crippen LogP contribution is 2.35. The normalized spacial score (nSPS) is 27.3. The van der Waals surface area contributed by atoms with Crippen molar-refractivity contribution >= 4 is 0 Å². The average molecular weight is 272 g/mol. The van der Waals surface area contributed by atoms with Crippen molar-refractivity contribution in [2.24, 2.45) is 0 Å². The van der Waals surface area contributed by atoms with Crippen LogP contribution in [-0.2, 0) is 12.8 Å². The van der Waals surface area contributed by atoms with E-state index in [1.807, 2.05) is 0 Å². The van der Waals surface area contributed by atoms with Gasteiger partial charge < -0.3 is 5.32 Å². The van der Waals surface area contributed by atoms with Crippen molar-refractivity contribution in [2.75, 3.05) is 26.2 Å². The number of piperazine rings is 1. The average Bonchev–Trinajstić information content (AvgIpc) is 2.49. The molecule has 2 nitrogen and oxygen atoms in total. The zero-order valence-corrected chi connectivity index (χ0v) is 13.0. The number of hydrogen-bond donors (Lipinski definition) is 1. The van der Waals surface area contributed by atoms with Gasteiger partial charge in [-0.25, -0.2) is 0 Å². The molecule has 0 bridgehead atoms. The molecule has 1 aliphatic carbocycles. The molecular formula is C18H28N2. The van der Waals surface area contributed by atoms with E-state index < -0.39 is 0 Å². The maximum Gasteiger partial charge on any atom is 0.0166 e. The van der Waals surface area contributed by atoms with Gasteiger partial charge in [0.2, 0.25) is 0 Å². The first-order valence-corrected chi connectivity index (χ1v) is 8.36. The Morgan fingerprint density at radius 3 is 2.80 bits per heavy atom. The highest BCUT2D eigenvalue weighted by Gasteiger charge is 2.31. The van der Waals surface area contributed by atoms with Crippen molar-refractivity contribution in [1.82, 2.24) is 10.2 Å². The van der Waals surface area contributed by atoms with Crippen molar-refractivity contribution in [1.29, 1.82) is 0 Å². The molecule has 3 rings (SSSR count). The summed E-state index contributed by atoms with van der Waals surface area (Å²) in [6.45, 7) is 9.46. The molecule has 2 heteroatoms. The van der Waals surface area contributed by atoms with Gasteiger partial charge in [0.15, 0.2) is 0 Å². The van der Waals surface area contributed by atoms with Crippen LogP contribution in [0.2, 0.25) is 0 Å². The van der Waals surface area contributed by atoms with Crippen molar-refractivity contribution in [3.05, 3.63) is 34.9 Å². The zero-order chi connectivity index (χ0) is 13.9. The van der Waals surface area contributed by atoms with Crippen LogP contribution in [0.15, 0.2) is 18.2 Å². The third-order valence-electron chi connectivity index (χ3n) is 5.14. The van der Waals surface area contributed by atoms with Gasteiger partial charge in [-0.3, -0.25) is 4.90 Å². The van der Waals surface area contributed by atoms with E-state index in [1.54, 1.807) is 11.1 Å². The van der Waals surface area contributed by atoms with E-state index in [9.17, 15) is 0 Å². The van der Waals surface area contributed by atoms with Crippen LogP contribution in [0, 0.1) is 0 Å². The number of aryl methyl sites for hydroxylation is 2. The van der Waals surface area contributed by atoms with E-state index in [0.29, 0.717) is 5.92 Å². The molecule has 1 N–H and O–H groups in total. The highest BCUT2D eigenvalue weighted by molar-refractivity contribution is 5.37. The zero-order valence-electron chi connectivity index (χ0n) is 13.0. The van der Waals surface area contributed by atoms with Crippen LogP contribution in [-0.4, -0.2) is 37.1 Å². The summed E-state index contributed by atoms with van der Waals surface area (Å²) >= 11 is 0. The van der Waals surface area contributed by atoms with Gasteiger partial charge in [-0.1, -0.05) is 38.5 Å². The number of fused-ring (bicyclic) bond motifs is 1. The van der Waals surface area contributed by atoms with Crippen molar-refractivity contribution in [3.63, 3.8) is 0 Å². The smallest absolute Gasteiger partial charge is 0.0166 e. The Balaban J connectivity index is 1.77. The van der Waals surface area contributed by atoms with E-state index >= 15 is 0 Å². The fourth-order valence-corrected chi connectivity index (χ4v) is 4.04. The molecule has 0 radical (unpaired) electrons. The molecule has 1 saturated heterocycles. The number of hydrogen-bond acceptors (Lipinski definition) is 2. The summed E-state index contributed by atoms with van der Waals surface area (Å²) in [4.78, 5) is 2.71. The lowest BCUT2D eigenvalue weighted by Crippen LogP contribution is -2.51. The number of benzene rings is 1. The topological polar surface area (TPSA) is 15.3 Å². The van der Waals surface area contributed by atoms with Gasteiger partial charge in [0.25, 0.3) is 0 Å². The van der Waals surface area contributed by atoms with Crippen LogP contribution in [0.3, 0.4) is 0 Å². The number of nitrogens with one attached hydrogen (secondary N) is 1. The summed E-state index contributed by atoms with van der Waals surface area (Å²) < 4.78 is 0. The fourth-order valence-electron chi connectivity index (χ4n) is 4.04. The molecule has 1 aromatic carbocycles. The van der Waals surface area contributed by atoms with Gasteiger partial charge in [-0.15, -0.1) is 0 Å². The van der Waals surface area contributed by atoms with Crippen LogP contribution >= 0.6 is 0 Å². The second-order valence-electron chi connectivity index (χ2n) is 6.46. The van der Waals surface area contributed by atoms with E-state index in [-0.39, 0.29) is 0 Å². The Morgan fingerprint density at radius 2 is 2.05 bits per heavy atom. The van der Waals surface area contributed by atoms with Gasteiger partial charge in [-0.2, -0.15) is 0 Å². The van der Waals surface area contributed by atoms with Gasteiger partial charge in [0.1, 0.15) is 0 Å². The molecule has 0 saturated carbocycles. The Kier molecular flexibility index (Phi) is 4.42. The predicted octanol–water partition coefficient (Wildman–Crippen LogP) is 2.96. The quantitative estimate of drug-likeness (QED) is 0.910. The van der Waals surface area contributed by atoms with Crippen molar-refractivity contribution in [3.8, 4) is 0 Å². The lowest BCUT2D eigenvalue weighted by molar-refractivity contribution is 0.141. The summed E-state index contributed by atoms with van der Waals surface area (Å²) in [5.74, 6) is 0.688. The molecule has 2 atom stereocenters. The predicted molar refractivity (Wildman–Crippen MR) is 85.4 cm³/mol. The maximum absolute atomic E-state index is 3.47. The second-order valence-corrected chi connectivity index (χ2v) is 6.46. The van der Waals surface area contributed by atoms with Gasteiger partial charge in [-0.05, 0) is 41.9 Å². The molecule has 2 unspecified atom stereocenters. The highest BCUT2D eigenvalue weighted by atomic mass is 15.2. The third kappa shape index (κ3) is 2.77. The molecule has 1 fully saturated rings. The van der Waals surface area contributed by atoms with E-state index in [0.717, 1.165) is 19.1 Å². The Morgan fingerprint density at radius 1 is 1.25 bits per heavy atom. The Bertz CT molecular complexity index is 449. The molecule has 1 aliphatic heterocycles. The largest absolute Gasteiger partial charge is 0.314 e. The monoisotopic (exact) mass is 272 g/mol. The van der Waals surface area contributed by atoms with E-state index in [1.165, 1.54) is 44.3 Å². The summed E-state index contributed by atoms with van der Waals surface area (Å²) in [5, 5.41) is 3.47. The SMILES string of the molecule is CCCc1ccc2c(c1)CCC(N1CCNCC1)C2C. The summed E-state index contributed by atoms with van der Waals surface area (Å²) in [5.41, 5.74) is 4.76. The summed E-state index contributed by atoms with van der Waals surface area (Å²) in [6.07, 6.45) is 5.08. The van der Waals surface area contributed by atoms with Crippen LogP contribution < -0.4 is 5.32 Å². The number of rotatable bonds is 3. The maximum atomic E-state index is 3.47. The second kappa shape index (κ2) is 6.28. The van der Waals surface area contributed by atoms with E-state index in [2.05, 4.69) is 42.3 Å². The molecular weight excluding hydrogens is 244 g/mol. The first-order valence-electron chi connectivity index (χ1n) is 8.36. The van der Waals surface area contributed by atoms with Crippen LogP contribution in [0.25, 0.3) is 0 Å². The summed E-state index contributed by atoms with van der Waals surface area (Å²) in [7, 11) is 0. The third-order valence-corrected chi connectivity index (χ3v) is 5.14. The molecule has 110 valence electrons. The first-order chi connectivity index (χ1) is 9.79. The van der Waals surface area contributed by atoms with Crippen molar-refractivity contribution in [2.45, 2.75) is 51.5 Å². The minimum Gasteiger partial charge on any atom is -0.314 e. The lowest BCUT2D eigenvalue weighted by Gasteiger charge is -2.41. The molecule has 1 aromatic rings. The van der Waals surface area contributed by atoms with Gasteiger partial charge >= 0.3 is 0 Å². The molecule has 2 aliphatic rings. The standard InChI is InChI=1S/C18H28N2/c1-3-4-15-5-7-17-14(2)18(8-6-16(17)13-15)20-11-9-19-10-12-20/h5,7,13-14,18-19H,3-4,6,8-12H2,1-2H3. The molecule has 0 spiro atoms. The minimum atomic E-state index is 0.688. The van der Waals surface area contributed by atoms with Crippen molar-refractivity contribution < 1.29 is 0 Å². The Hall–Kier alpha value is -0.860. The van der Waals surface area contributed by atoms with Crippen LogP contribution in [0.1, 0.15) is 49.3 Å². The lowest BCUT2D eigenvalue weighted by atomic mass is 9.78. The van der Waals surface area contributed by atoms with Gasteiger partial charge in [0, 0.05) is 32.2 Å². The summed E-state index contributed by atoms with van der Waals surface area (Å²) in [6, 6.07) is 8.00. The minimum absolute atomic E-state index is 0.688. The molecule has 1 heterocycles.